The third-order valence-electron chi connectivity index (χ3n) is 3.11. The molecule has 0 bridgehead atoms. The molecule has 1 heterocycles. The van der Waals surface area contributed by atoms with Crippen molar-refractivity contribution in [2.24, 2.45) is 11.7 Å². The normalized spacial score (nSPS) is 19.3. The number of nitrogens with zero attached hydrogens (tertiary/aromatic N) is 2. The first kappa shape index (κ1) is 9.71. The highest BCUT2D eigenvalue weighted by molar-refractivity contribution is 5.00. The topological polar surface area (TPSA) is 43.8 Å². The van der Waals surface area contributed by atoms with E-state index < -0.39 is 0 Å². The molecule has 2 N–H and O–H groups in total. The maximum Gasteiger partial charge on any atom is 0.0951 e. The summed E-state index contributed by atoms with van der Waals surface area (Å²) in [5.41, 5.74) is 6.78. The summed E-state index contributed by atoms with van der Waals surface area (Å²) < 4.78 is 2.27. The van der Waals surface area contributed by atoms with Crippen LogP contribution in [0, 0.1) is 5.92 Å². The van der Waals surface area contributed by atoms with Gasteiger partial charge in [0.05, 0.1) is 12.0 Å². The molecule has 78 valence electrons. The van der Waals surface area contributed by atoms with E-state index in [-0.39, 0.29) is 0 Å². The Kier molecular flexibility index (Phi) is 2.87. The zero-order chi connectivity index (χ0) is 9.97. The number of aromatic nitrogens is 2. The van der Waals surface area contributed by atoms with Gasteiger partial charge in [-0.3, -0.25) is 0 Å². The first-order chi connectivity index (χ1) is 6.79. The van der Waals surface area contributed by atoms with Crippen molar-refractivity contribution in [3.05, 3.63) is 18.2 Å². The van der Waals surface area contributed by atoms with Gasteiger partial charge in [-0.2, -0.15) is 0 Å². The zero-order valence-corrected chi connectivity index (χ0v) is 8.82. The van der Waals surface area contributed by atoms with Gasteiger partial charge in [0, 0.05) is 12.2 Å². The van der Waals surface area contributed by atoms with Crippen molar-refractivity contribution < 1.29 is 0 Å². The van der Waals surface area contributed by atoms with Gasteiger partial charge in [0.15, 0.2) is 0 Å². The smallest absolute Gasteiger partial charge is 0.0951 e. The average molecular weight is 193 g/mol. The first-order valence-electron chi connectivity index (χ1n) is 5.52. The van der Waals surface area contributed by atoms with Crippen LogP contribution in [-0.4, -0.2) is 16.1 Å². The van der Waals surface area contributed by atoms with Gasteiger partial charge in [0.2, 0.25) is 0 Å². The lowest BCUT2D eigenvalue weighted by Crippen LogP contribution is -2.15. The molecule has 14 heavy (non-hydrogen) atoms. The Labute approximate surface area is 85.3 Å². The van der Waals surface area contributed by atoms with E-state index in [1.807, 2.05) is 6.33 Å². The number of rotatable bonds is 4. The van der Waals surface area contributed by atoms with Crippen LogP contribution >= 0.6 is 0 Å². The minimum absolute atomic E-state index is 0.541. The van der Waals surface area contributed by atoms with Crippen molar-refractivity contribution in [1.82, 2.24) is 9.55 Å². The molecule has 1 aliphatic rings. The van der Waals surface area contributed by atoms with Gasteiger partial charge in [-0.25, -0.2) is 4.98 Å². The lowest BCUT2D eigenvalue weighted by atomic mass is 9.93. The van der Waals surface area contributed by atoms with Gasteiger partial charge in [0.1, 0.15) is 0 Å². The predicted molar refractivity (Wildman–Crippen MR) is 57.0 cm³/mol. The molecule has 3 nitrogen and oxygen atoms in total. The summed E-state index contributed by atoms with van der Waals surface area (Å²) in [6.45, 7) is 2.92. The van der Waals surface area contributed by atoms with Crippen molar-refractivity contribution in [3.63, 3.8) is 0 Å². The van der Waals surface area contributed by atoms with Crippen LogP contribution in [0.3, 0.4) is 0 Å². The van der Waals surface area contributed by atoms with Crippen LogP contribution in [0.25, 0.3) is 0 Å². The maximum atomic E-state index is 5.59. The van der Waals surface area contributed by atoms with E-state index in [1.165, 1.54) is 25.0 Å². The number of imidazole rings is 1. The highest BCUT2D eigenvalue weighted by atomic mass is 15.1. The summed E-state index contributed by atoms with van der Waals surface area (Å²) in [5.74, 6) is 0.541. The highest BCUT2D eigenvalue weighted by Gasteiger charge is 2.19. The Balaban J connectivity index is 1.95. The zero-order valence-electron chi connectivity index (χ0n) is 8.82. The van der Waals surface area contributed by atoms with Gasteiger partial charge in [-0.1, -0.05) is 6.92 Å². The average Bonchev–Trinajstić information content (AvgIpc) is 2.50. The third-order valence-corrected chi connectivity index (χ3v) is 3.11. The Morgan fingerprint density at radius 1 is 1.64 bits per heavy atom. The second kappa shape index (κ2) is 4.13. The lowest BCUT2D eigenvalue weighted by molar-refractivity contribution is 0.313. The van der Waals surface area contributed by atoms with Crippen LogP contribution in [-0.2, 0) is 6.42 Å². The molecule has 1 saturated carbocycles. The molecule has 1 fully saturated rings. The Morgan fingerprint density at radius 2 is 2.43 bits per heavy atom. The maximum absolute atomic E-state index is 5.59. The number of hydrogen-bond acceptors (Lipinski definition) is 2. The van der Waals surface area contributed by atoms with Gasteiger partial charge in [-0.15, -0.1) is 0 Å². The molecule has 1 atom stereocenters. The molecule has 1 unspecified atom stereocenters. The summed E-state index contributed by atoms with van der Waals surface area (Å²) in [5, 5.41) is 0. The molecule has 1 aromatic rings. The van der Waals surface area contributed by atoms with Crippen LogP contribution in [0.2, 0.25) is 0 Å². The summed E-state index contributed by atoms with van der Waals surface area (Å²) >= 11 is 0. The second-order valence-corrected chi connectivity index (χ2v) is 4.44. The molecule has 2 rings (SSSR count). The van der Waals surface area contributed by atoms with E-state index in [0.717, 1.165) is 19.0 Å². The van der Waals surface area contributed by atoms with Crippen LogP contribution < -0.4 is 5.73 Å². The molecular formula is C11H19N3. The van der Waals surface area contributed by atoms with Crippen molar-refractivity contribution in [1.29, 1.82) is 0 Å². The van der Waals surface area contributed by atoms with Crippen LogP contribution in [0.4, 0.5) is 0 Å². The molecule has 0 radical (unpaired) electrons. The molecular weight excluding hydrogens is 174 g/mol. The predicted octanol–water partition coefficient (Wildman–Crippen LogP) is 1.75. The molecule has 3 heteroatoms. The largest absolute Gasteiger partial charge is 0.334 e. The van der Waals surface area contributed by atoms with Gasteiger partial charge in [0.25, 0.3) is 0 Å². The molecule has 0 spiro atoms. The van der Waals surface area contributed by atoms with Crippen molar-refractivity contribution >= 4 is 0 Å². The molecule has 0 saturated heterocycles. The van der Waals surface area contributed by atoms with E-state index in [9.17, 15) is 0 Å². The Bertz CT molecular complexity index is 288. The quantitative estimate of drug-likeness (QED) is 0.791. The van der Waals surface area contributed by atoms with E-state index in [1.54, 1.807) is 0 Å². The van der Waals surface area contributed by atoms with Gasteiger partial charge in [-0.05, 0) is 38.1 Å². The van der Waals surface area contributed by atoms with E-state index >= 15 is 0 Å². The molecule has 0 aromatic carbocycles. The van der Waals surface area contributed by atoms with Gasteiger partial charge < -0.3 is 10.3 Å². The van der Waals surface area contributed by atoms with Crippen molar-refractivity contribution in [2.75, 3.05) is 6.54 Å². The minimum Gasteiger partial charge on any atom is -0.334 e. The van der Waals surface area contributed by atoms with Gasteiger partial charge >= 0.3 is 0 Å². The molecule has 0 amide bonds. The van der Waals surface area contributed by atoms with E-state index in [0.29, 0.717) is 5.92 Å². The Hall–Kier alpha value is -0.830. The summed E-state index contributed by atoms with van der Waals surface area (Å²) in [6.07, 6.45) is 9.19. The standard InChI is InChI=1S/C11H19N3/c1-9(6-12)5-10-7-14(8-13-10)11-3-2-4-11/h7-9,11H,2-6,12H2,1H3. The number of nitrogens with two attached hydrogens (primary N) is 1. The molecule has 0 aliphatic heterocycles. The first-order valence-corrected chi connectivity index (χ1v) is 5.52. The fourth-order valence-corrected chi connectivity index (χ4v) is 1.81. The molecule has 1 aliphatic carbocycles. The Morgan fingerprint density at radius 3 is 3.00 bits per heavy atom. The summed E-state index contributed by atoms with van der Waals surface area (Å²) in [6, 6.07) is 0.726. The fraction of sp³-hybridized carbons (Fsp3) is 0.727. The monoisotopic (exact) mass is 193 g/mol. The minimum atomic E-state index is 0.541. The number of hydrogen-bond donors (Lipinski definition) is 1. The summed E-state index contributed by atoms with van der Waals surface area (Å²) in [4.78, 5) is 4.41. The summed E-state index contributed by atoms with van der Waals surface area (Å²) in [7, 11) is 0. The SMILES string of the molecule is CC(CN)Cc1cn(C2CCC2)cn1. The third kappa shape index (κ3) is 1.98. The van der Waals surface area contributed by atoms with E-state index in [2.05, 4.69) is 22.7 Å². The second-order valence-electron chi connectivity index (χ2n) is 4.44. The van der Waals surface area contributed by atoms with Crippen LogP contribution in [0.1, 0.15) is 37.9 Å². The lowest BCUT2D eigenvalue weighted by Gasteiger charge is -2.26. The van der Waals surface area contributed by atoms with Crippen LogP contribution in [0.5, 0.6) is 0 Å². The van der Waals surface area contributed by atoms with Crippen molar-refractivity contribution in [3.8, 4) is 0 Å². The van der Waals surface area contributed by atoms with E-state index in [4.69, 9.17) is 5.73 Å². The van der Waals surface area contributed by atoms with Crippen LogP contribution in [0.15, 0.2) is 12.5 Å². The van der Waals surface area contributed by atoms with Crippen molar-refractivity contribution in [2.45, 2.75) is 38.6 Å². The fourth-order valence-electron chi connectivity index (χ4n) is 1.81. The highest BCUT2D eigenvalue weighted by Crippen LogP contribution is 2.31. The molecule has 1 aromatic heterocycles.